The molecule has 0 aliphatic rings. The highest BCUT2D eigenvalue weighted by Crippen LogP contribution is 2.27. The molecule has 3 rings (SSSR count). The molecule has 2 aromatic carbocycles. The lowest BCUT2D eigenvalue weighted by atomic mass is 10.1. The second kappa shape index (κ2) is 6.00. The number of aryl methyl sites for hydroxylation is 1. The Balaban J connectivity index is 2.00. The van der Waals surface area contributed by atoms with E-state index in [2.05, 4.69) is 27.9 Å². The topological polar surface area (TPSA) is 62.5 Å². The van der Waals surface area contributed by atoms with Crippen molar-refractivity contribution in [3.63, 3.8) is 0 Å². The van der Waals surface area contributed by atoms with Crippen LogP contribution in [0.15, 0.2) is 51.7 Å². The molecule has 4 nitrogen and oxygen atoms in total. The van der Waals surface area contributed by atoms with Gasteiger partial charge in [0, 0.05) is 32.8 Å². The fourth-order valence-corrected chi connectivity index (χ4v) is 2.90. The van der Waals surface area contributed by atoms with E-state index in [0.29, 0.717) is 17.7 Å². The van der Waals surface area contributed by atoms with E-state index in [9.17, 15) is 9.90 Å². The Morgan fingerprint density at radius 3 is 2.82 bits per heavy atom. The number of nitrogens with one attached hydrogen (secondary N) is 1. The maximum Gasteiger partial charge on any atom is 0.336 e. The first-order chi connectivity index (χ1) is 10.5. The molecule has 22 heavy (non-hydrogen) atoms. The number of benzene rings is 2. The SMILES string of the molecule is Cc1c(O)ccc2c(CNc3cccc(I)c3)cc(=O)oc12. The molecule has 0 fully saturated rings. The van der Waals surface area contributed by atoms with Crippen LogP contribution >= 0.6 is 22.6 Å². The highest BCUT2D eigenvalue weighted by atomic mass is 127. The molecule has 3 aromatic rings. The van der Waals surface area contributed by atoms with Gasteiger partial charge >= 0.3 is 5.63 Å². The predicted octanol–water partition coefficient (Wildman–Crippen LogP) is 4.02. The van der Waals surface area contributed by atoms with Crippen molar-refractivity contribution in [2.75, 3.05) is 5.32 Å². The highest BCUT2D eigenvalue weighted by Gasteiger charge is 2.10. The van der Waals surface area contributed by atoms with Crippen LogP contribution in [-0.4, -0.2) is 5.11 Å². The monoisotopic (exact) mass is 407 g/mol. The Bertz CT molecular complexity index is 902. The zero-order valence-electron chi connectivity index (χ0n) is 11.9. The van der Waals surface area contributed by atoms with Crippen LogP contribution in [0.1, 0.15) is 11.1 Å². The van der Waals surface area contributed by atoms with Crippen LogP contribution in [0.2, 0.25) is 0 Å². The third-order valence-corrected chi connectivity index (χ3v) is 4.20. The molecule has 0 amide bonds. The molecule has 5 heteroatoms. The van der Waals surface area contributed by atoms with E-state index < -0.39 is 5.63 Å². The van der Waals surface area contributed by atoms with Crippen molar-refractivity contribution in [3.05, 3.63) is 67.6 Å². The van der Waals surface area contributed by atoms with Crippen molar-refractivity contribution < 1.29 is 9.52 Å². The molecule has 112 valence electrons. The maximum atomic E-state index is 11.8. The van der Waals surface area contributed by atoms with Crippen molar-refractivity contribution in [3.8, 4) is 5.75 Å². The molecule has 0 spiro atoms. The van der Waals surface area contributed by atoms with Gasteiger partial charge in [-0.15, -0.1) is 0 Å². The van der Waals surface area contributed by atoms with Gasteiger partial charge in [0.15, 0.2) is 0 Å². The number of rotatable bonds is 3. The van der Waals surface area contributed by atoms with Crippen LogP contribution in [0.5, 0.6) is 5.75 Å². The van der Waals surface area contributed by atoms with E-state index in [1.165, 1.54) is 6.07 Å². The van der Waals surface area contributed by atoms with Gasteiger partial charge in [-0.1, -0.05) is 6.07 Å². The summed E-state index contributed by atoms with van der Waals surface area (Å²) in [7, 11) is 0. The fourth-order valence-electron chi connectivity index (χ4n) is 2.36. The number of halogens is 1. The summed E-state index contributed by atoms with van der Waals surface area (Å²) < 4.78 is 6.38. The molecule has 0 unspecified atom stereocenters. The minimum absolute atomic E-state index is 0.123. The summed E-state index contributed by atoms with van der Waals surface area (Å²) in [5.74, 6) is 0.123. The Morgan fingerprint density at radius 1 is 1.23 bits per heavy atom. The lowest BCUT2D eigenvalue weighted by molar-refractivity contribution is 0.468. The van der Waals surface area contributed by atoms with Gasteiger partial charge in [0.2, 0.25) is 0 Å². The smallest absolute Gasteiger partial charge is 0.336 e. The number of aromatic hydroxyl groups is 1. The maximum absolute atomic E-state index is 11.8. The van der Waals surface area contributed by atoms with Gasteiger partial charge in [-0.2, -0.15) is 0 Å². The summed E-state index contributed by atoms with van der Waals surface area (Å²) in [6.45, 7) is 2.24. The van der Waals surface area contributed by atoms with Crippen LogP contribution in [-0.2, 0) is 6.54 Å². The number of hydrogen-bond acceptors (Lipinski definition) is 4. The van der Waals surface area contributed by atoms with E-state index in [1.807, 2.05) is 24.3 Å². The summed E-state index contributed by atoms with van der Waals surface area (Å²) >= 11 is 2.25. The number of hydrogen-bond donors (Lipinski definition) is 2. The summed E-state index contributed by atoms with van der Waals surface area (Å²) in [6, 6.07) is 12.9. The third-order valence-electron chi connectivity index (χ3n) is 3.53. The number of fused-ring (bicyclic) bond motifs is 1. The van der Waals surface area contributed by atoms with Crippen LogP contribution in [0.25, 0.3) is 11.0 Å². The molecule has 0 saturated carbocycles. The summed E-state index contributed by atoms with van der Waals surface area (Å²) in [5, 5.41) is 13.9. The van der Waals surface area contributed by atoms with Gasteiger partial charge in [0.25, 0.3) is 0 Å². The Kier molecular flexibility index (Phi) is 4.06. The van der Waals surface area contributed by atoms with E-state index in [4.69, 9.17) is 4.42 Å². The lowest BCUT2D eigenvalue weighted by Crippen LogP contribution is -2.06. The van der Waals surface area contributed by atoms with Crippen molar-refractivity contribution in [2.24, 2.45) is 0 Å². The number of phenolic OH excluding ortho intramolecular Hbond substituents is 1. The molecule has 1 aromatic heterocycles. The largest absolute Gasteiger partial charge is 0.508 e. The molecule has 1 heterocycles. The van der Waals surface area contributed by atoms with Gasteiger partial charge in [-0.05, 0) is 65.4 Å². The van der Waals surface area contributed by atoms with Crippen LogP contribution in [0, 0.1) is 10.5 Å². The summed E-state index contributed by atoms with van der Waals surface area (Å²) in [6.07, 6.45) is 0. The fraction of sp³-hybridized carbons (Fsp3) is 0.118. The molecule has 0 aliphatic carbocycles. The minimum atomic E-state index is -0.416. The summed E-state index contributed by atoms with van der Waals surface area (Å²) in [4.78, 5) is 11.8. The zero-order chi connectivity index (χ0) is 15.7. The minimum Gasteiger partial charge on any atom is -0.508 e. The van der Waals surface area contributed by atoms with E-state index in [1.54, 1.807) is 19.1 Å². The molecule has 2 N–H and O–H groups in total. The first-order valence-corrected chi connectivity index (χ1v) is 7.87. The summed E-state index contributed by atoms with van der Waals surface area (Å²) in [5.41, 5.74) is 2.43. The second-order valence-electron chi connectivity index (χ2n) is 5.04. The van der Waals surface area contributed by atoms with Gasteiger partial charge in [0.1, 0.15) is 11.3 Å². The second-order valence-corrected chi connectivity index (χ2v) is 6.29. The molecule has 0 bridgehead atoms. The van der Waals surface area contributed by atoms with Crippen LogP contribution < -0.4 is 10.9 Å². The predicted molar refractivity (Wildman–Crippen MR) is 95.4 cm³/mol. The van der Waals surface area contributed by atoms with E-state index in [0.717, 1.165) is 20.2 Å². The van der Waals surface area contributed by atoms with Crippen LogP contribution in [0.3, 0.4) is 0 Å². The molecular weight excluding hydrogens is 393 g/mol. The lowest BCUT2D eigenvalue weighted by Gasteiger charge is -2.10. The molecule has 0 atom stereocenters. The Morgan fingerprint density at radius 2 is 2.05 bits per heavy atom. The zero-order valence-corrected chi connectivity index (χ0v) is 14.0. The number of anilines is 1. The molecular formula is C17H14INO3. The normalized spacial score (nSPS) is 10.8. The van der Waals surface area contributed by atoms with Crippen molar-refractivity contribution in [2.45, 2.75) is 13.5 Å². The Labute approximate surface area is 140 Å². The highest BCUT2D eigenvalue weighted by molar-refractivity contribution is 14.1. The molecule has 0 radical (unpaired) electrons. The molecule has 0 saturated heterocycles. The van der Waals surface area contributed by atoms with Crippen molar-refractivity contribution in [1.82, 2.24) is 0 Å². The average molecular weight is 407 g/mol. The van der Waals surface area contributed by atoms with Gasteiger partial charge in [0.05, 0.1) is 0 Å². The van der Waals surface area contributed by atoms with E-state index in [-0.39, 0.29) is 5.75 Å². The average Bonchev–Trinajstić information content (AvgIpc) is 2.49. The molecule has 0 aliphatic heterocycles. The van der Waals surface area contributed by atoms with E-state index >= 15 is 0 Å². The first kappa shape index (κ1) is 14.9. The van der Waals surface area contributed by atoms with Crippen molar-refractivity contribution >= 4 is 39.2 Å². The first-order valence-electron chi connectivity index (χ1n) is 6.79. The third kappa shape index (κ3) is 2.94. The standard InChI is InChI=1S/C17H14INO3/c1-10-15(20)6-5-14-11(7-16(21)22-17(10)14)9-19-13-4-2-3-12(18)8-13/h2-8,19-20H,9H2,1H3. The quantitative estimate of drug-likeness (QED) is 0.509. The Hall–Kier alpha value is -2.02. The number of phenols is 1. The van der Waals surface area contributed by atoms with Crippen LogP contribution in [0.4, 0.5) is 5.69 Å². The van der Waals surface area contributed by atoms with Gasteiger partial charge in [-0.3, -0.25) is 0 Å². The van der Waals surface area contributed by atoms with Crippen molar-refractivity contribution in [1.29, 1.82) is 0 Å². The van der Waals surface area contributed by atoms with Gasteiger partial charge in [-0.25, -0.2) is 4.79 Å². The van der Waals surface area contributed by atoms with Gasteiger partial charge < -0.3 is 14.8 Å².